The number of aryl methyl sites for hydroxylation is 2. The molecule has 1 aromatic heterocycles. The molecule has 0 aliphatic rings. The zero-order valence-corrected chi connectivity index (χ0v) is 13.3. The molecule has 1 N–H and O–H groups in total. The largest absolute Gasteiger partial charge is 0.870 e. The summed E-state index contributed by atoms with van der Waals surface area (Å²) in [5, 5.41) is 0. The molecule has 0 unspecified atom stereocenters. The van der Waals surface area contributed by atoms with Gasteiger partial charge in [-0.15, -0.1) is 0 Å². The Morgan fingerprint density at radius 2 is 1.60 bits per heavy atom. The fraction of sp³-hybridized carbons (Fsp3) is 0.800. The third kappa shape index (κ3) is 9.07. The lowest BCUT2D eigenvalue weighted by molar-refractivity contribution is -0.697. The molecule has 5 nitrogen and oxygen atoms in total. The van der Waals surface area contributed by atoms with Gasteiger partial charge in [0.15, 0.2) is 0 Å². The molecular weight excluding hydrogens is 256 g/mol. The summed E-state index contributed by atoms with van der Waals surface area (Å²) >= 11 is 0. The van der Waals surface area contributed by atoms with Gasteiger partial charge in [-0.1, -0.05) is 0 Å². The van der Waals surface area contributed by atoms with Crippen LogP contribution in [0.1, 0.15) is 40.5 Å². The summed E-state index contributed by atoms with van der Waals surface area (Å²) in [4.78, 5) is 0. The van der Waals surface area contributed by atoms with Crippen LogP contribution in [0, 0.1) is 0 Å². The first-order valence-corrected chi connectivity index (χ1v) is 7.36. The predicted molar refractivity (Wildman–Crippen MR) is 78.0 cm³/mol. The van der Waals surface area contributed by atoms with Crippen LogP contribution in [0.3, 0.4) is 0 Å². The second-order valence-corrected chi connectivity index (χ2v) is 5.44. The van der Waals surface area contributed by atoms with Crippen LogP contribution in [0.25, 0.3) is 0 Å². The monoisotopic (exact) mass is 286 g/mol. The molecule has 0 aliphatic heterocycles. The van der Waals surface area contributed by atoms with Crippen molar-refractivity contribution in [3.8, 4) is 0 Å². The van der Waals surface area contributed by atoms with Gasteiger partial charge >= 0.3 is 0 Å². The minimum Gasteiger partial charge on any atom is -0.870 e. The Hall–Kier alpha value is -0.910. The van der Waals surface area contributed by atoms with Crippen LogP contribution in [0.15, 0.2) is 18.7 Å². The fourth-order valence-corrected chi connectivity index (χ4v) is 1.84. The van der Waals surface area contributed by atoms with E-state index in [0.717, 1.165) is 39.1 Å². The van der Waals surface area contributed by atoms with E-state index in [-0.39, 0.29) is 5.48 Å². The first-order chi connectivity index (χ1) is 9.08. The van der Waals surface area contributed by atoms with Crippen LogP contribution in [-0.4, -0.2) is 35.5 Å². The minimum absolute atomic E-state index is 0. The Morgan fingerprint density at radius 3 is 2.20 bits per heavy atom. The first-order valence-electron chi connectivity index (χ1n) is 7.36. The van der Waals surface area contributed by atoms with E-state index in [2.05, 4.69) is 55.6 Å². The van der Waals surface area contributed by atoms with Crippen LogP contribution in [-0.2, 0) is 22.6 Å². The SMILES string of the molecule is CC(C)OCCCn1cc[n+](CCCOC(C)C)c1.[OH-]. The zero-order chi connectivity index (χ0) is 14.1. The van der Waals surface area contributed by atoms with E-state index in [4.69, 9.17) is 9.47 Å². The molecule has 0 saturated carbocycles. The van der Waals surface area contributed by atoms with Crippen LogP contribution in [0.4, 0.5) is 0 Å². The highest BCUT2D eigenvalue weighted by Crippen LogP contribution is 1.95. The molecule has 0 radical (unpaired) electrons. The van der Waals surface area contributed by atoms with Crippen LogP contribution >= 0.6 is 0 Å². The average Bonchev–Trinajstić information content (AvgIpc) is 2.78. The van der Waals surface area contributed by atoms with E-state index >= 15 is 0 Å². The second-order valence-electron chi connectivity index (χ2n) is 5.44. The van der Waals surface area contributed by atoms with Crippen LogP contribution in [0.2, 0.25) is 0 Å². The van der Waals surface area contributed by atoms with Gasteiger partial charge in [0, 0.05) is 12.8 Å². The van der Waals surface area contributed by atoms with Gasteiger partial charge < -0.3 is 14.9 Å². The molecule has 0 fully saturated rings. The molecule has 0 aliphatic carbocycles. The van der Waals surface area contributed by atoms with E-state index < -0.39 is 0 Å². The van der Waals surface area contributed by atoms with Gasteiger partial charge in [0.1, 0.15) is 12.4 Å². The molecule has 0 amide bonds. The number of hydrogen-bond donors (Lipinski definition) is 0. The average molecular weight is 286 g/mol. The second kappa shape index (κ2) is 10.8. The third-order valence-electron chi connectivity index (χ3n) is 2.77. The molecule has 118 valence electrons. The molecule has 1 heterocycles. The maximum absolute atomic E-state index is 5.54. The Morgan fingerprint density at radius 1 is 1.00 bits per heavy atom. The van der Waals surface area contributed by atoms with Crippen molar-refractivity contribution in [2.75, 3.05) is 13.2 Å². The van der Waals surface area contributed by atoms with E-state index in [1.165, 1.54) is 0 Å². The molecule has 20 heavy (non-hydrogen) atoms. The summed E-state index contributed by atoms with van der Waals surface area (Å²) in [6, 6.07) is 0. The molecule has 1 aromatic rings. The molecule has 0 aromatic carbocycles. The Balaban J connectivity index is 0.00000361. The predicted octanol–water partition coefficient (Wildman–Crippen LogP) is 2.23. The highest BCUT2D eigenvalue weighted by molar-refractivity contribution is 4.66. The van der Waals surface area contributed by atoms with E-state index in [0.29, 0.717) is 12.2 Å². The normalized spacial score (nSPS) is 11.1. The molecule has 0 saturated heterocycles. The number of hydrogen-bond acceptors (Lipinski definition) is 3. The van der Waals surface area contributed by atoms with Gasteiger partial charge in [-0.2, -0.15) is 0 Å². The molecular formula is C15H30N2O3. The van der Waals surface area contributed by atoms with Crippen LogP contribution in [0.5, 0.6) is 0 Å². The first kappa shape index (κ1) is 19.1. The number of aromatic nitrogens is 2. The topological polar surface area (TPSA) is 57.3 Å². The highest BCUT2D eigenvalue weighted by Gasteiger charge is 2.04. The van der Waals surface area contributed by atoms with Crippen molar-refractivity contribution < 1.29 is 19.5 Å². The third-order valence-corrected chi connectivity index (χ3v) is 2.77. The van der Waals surface area contributed by atoms with Gasteiger partial charge in [-0.05, 0) is 27.7 Å². The summed E-state index contributed by atoms with van der Waals surface area (Å²) < 4.78 is 15.5. The molecule has 0 bridgehead atoms. The number of nitrogens with zero attached hydrogens (tertiary/aromatic N) is 2. The molecule has 0 spiro atoms. The van der Waals surface area contributed by atoms with Crippen molar-refractivity contribution in [3.05, 3.63) is 18.7 Å². The maximum atomic E-state index is 5.54. The molecule has 1 rings (SSSR count). The quantitative estimate of drug-likeness (QED) is 0.489. The summed E-state index contributed by atoms with van der Waals surface area (Å²) in [6.07, 6.45) is 9.18. The van der Waals surface area contributed by atoms with Gasteiger partial charge in [-0.3, -0.25) is 0 Å². The van der Waals surface area contributed by atoms with Crippen molar-refractivity contribution in [1.82, 2.24) is 4.57 Å². The number of rotatable bonds is 10. The van der Waals surface area contributed by atoms with Crippen molar-refractivity contribution >= 4 is 0 Å². The van der Waals surface area contributed by atoms with E-state index in [1.807, 2.05) is 0 Å². The van der Waals surface area contributed by atoms with E-state index in [1.54, 1.807) is 0 Å². The van der Waals surface area contributed by atoms with Crippen molar-refractivity contribution in [2.45, 2.75) is 65.8 Å². The smallest absolute Gasteiger partial charge is 0.243 e. The molecule has 0 atom stereocenters. The lowest BCUT2D eigenvalue weighted by Crippen LogP contribution is -2.31. The van der Waals surface area contributed by atoms with E-state index in [9.17, 15) is 0 Å². The fourth-order valence-electron chi connectivity index (χ4n) is 1.84. The summed E-state index contributed by atoms with van der Waals surface area (Å²) in [5.74, 6) is 0. The Kier molecular flexibility index (Phi) is 10.3. The lowest BCUT2D eigenvalue weighted by atomic mass is 10.4. The zero-order valence-electron chi connectivity index (χ0n) is 13.3. The van der Waals surface area contributed by atoms with Crippen molar-refractivity contribution in [2.24, 2.45) is 0 Å². The van der Waals surface area contributed by atoms with Crippen molar-refractivity contribution in [1.29, 1.82) is 0 Å². The van der Waals surface area contributed by atoms with Crippen LogP contribution < -0.4 is 4.57 Å². The van der Waals surface area contributed by atoms with Gasteiger partial charge in [0.05, 0.1) is 38.5 Å². The number of ether oxygens (including phenoxy) is 2. The summed E-state index contributed by atoms with van der Waals surface area (Å²) in [5.41, 5.74) is 0. The molecule has 5 heteroatoms. The number of imidazole rings is 1. The summed E-state index contributed by atoms with van der Waals surface area (Å²) in [7, 11) is 0. The minimum atomic E-state index is 0. The Bertz CT molecular complexity index is 307. The lowest BCUT2D eigenvalue weighted by Gasteiger charge is -2.06. The maximum Gasteiger partial charge on any atom is 0.243 e. The van der Waals surface area contributed by atoms with Crippen molar-refractivity contribution in [3.63, 3.8) is 0 Å². The van der Waals surface area contributed by atoms with Gasteiger partial charge in [0.25, 0.3) is 0 Å². The van der Waals surface area contributed by atoms with Gasteiger partial charge in [0.2, 0.25) is 6.33 Å². The van der Waals surface area contributed by atoms with Gasteiger partial charge in [-0.25, -0.2) is 9.13 Å². The Labute approximate surface area is 122 Å². The summed E-state index contributed by atoms with van der Waals surface area (Å²) in [6.45, 7) is 12.0. The standard InChI is InChI=1S/C15H29N2O2.H2O/c1-14(2)18-11-5-7-16-9-10-17(13-16)8-6-12-19-15(3)4;/h9-10,13-15H,5-8,11-12H2,1-4H3;1H2/q+1;/p-1. The highest BCUT2D eigenvalue weighted by atomic mass is 16.5.